The van der Waals surface area contributed by atoms with Crippen molar-refractivity contribution in [1.29, 1.82) is 0 Å². The van der Waals surface area contributed by atoms with E-state index in [0.29, 0.717) is 11.4 Å². The smallest absolute Gasteiger partial charge is 0.0890 e. The van der Waals surface area contributed by atoms with E-state index in [-0.39, 0.29) is 6.04 Å². The molecule has 2 N–H and O–H groups in total. The zero-order valence-corrected chi connectivity index (χ0v) is 12.7. The van der Waals surface area contributed by atoms with Crippen LogP contribution in [0.2, 0.25) is 5.02 Å². The number of nitrogens with zero attached hydrogens (tertiary/aromatic N) is 4. The Hall–Kier alpha value is -1.98. The van der Waals surface area contributed by atoms with Gasteiger partial charge in [0, 0.05) is 13.5 Å². The molecule has 108 valence electrons. The van der Waals surface area contributed by atoms with Gasteiger partial charge in [0.2, 0.25) is 0 Å². The van der Waals surface area contributed by atoms with E-state index in [2.05, 4.69) is 15.1 Å². The minimum absolute atomic E-state index is 0.269. The van der Waals surface area contributed by atoms with Crippen molar-refractivity contribution in [3.63, 3.8) is 0 Å². The summed E-state index contributed by atoms with van der Waals surface area (Å²) in [6, 6.07) is 7.47. The molecule has 0 fully saturated rings. The van der Waals surface area contributed by atoms with Gasteiger partial charge < -0.3 is 5.73 Å². The predicted octanol–water partition coefficient (Wildman–Crippen LogP) is 2.57. The largest absolute Gasteiger partial charge is 0.322 e. The first kappa shape index (κ1) is 14.0. The maximum atomic E-state index is 6.27. The van der Waals surface area contributed by atoms with Crippen molar-refractivity contribution in [3.05, 3.63) is 52.6 Å². The van der Waals surface area contributed by atoms with Gasteiger partial charge in [-0.3, -0.25) is 9.67 Å². The number of hydrogen-bond donors (Lipinski definition) is 1. The first-order valence-corrected chi connectivity index (χ1v) is 7.09. The maximum absolute atomic E-state index is 6.27. The summed E-state index contributed by atoms with van der Waals surface area (Å²) >= 11 is 6.27. The van der Waals surface area contributed by atoms with Crippen LogP contribution in [0.15, 0.2) is 30.5 Å². The third kappa shape index (κ3) is 2.62. The highest BCUT2D eigenvalue weighted by Crippen LogP contribution is 2.24. The van der Waals surface area contributed by atoms with E-state index in [1.165, 1.54) is 0 Å². The predicted molar refractivity (Wildman–Crippen MR) is 83.1 cm³/mol. The highest BCUT2D eigenvalue weighted by molar-refractivity contribution is 6.31. The molecular weight excluding hydrogens is 286 g/mol. The summed E-state index contributed by atoms with van der Waals surface area (Å²) in [6.45, 7) is 1.88. The van der Waals surface area contributed by atoms with E-state index in [0.717, 1.165) is 28.1 Å². The molecular formula is C15H16ClN5. The summed E-state index contributed by atoms with van der Waals surface area (Å²) in [5.41, 5.74) is 10.4. The zero-order chi connectivity index (χ0) is 15.0. The van der Waals surface area contributed by atoms with Gasteiger partial charge >= 0.3 is 0 Å². The van der Waals surface area contributed by atoms with Crippen molar-refractivity contribution < 1.29 is 0 Å². The molecule has 2 heterocycles. The summed E-state index contributed by atoms with van der Waals surface area (Å²) in [5.74, 6) is 0. The number of aromatic nitrogens is 4. The third-order valence-corrected chi connectivity index (χ3v) is 4.01. The van der Waals surface area contributed by atoms with Crippen LogP contribution < -0.4 is 5.73 Å². The molecule has 3 rings (SSSR count). The molecule has 0 aliphatic rings. The van der Waals surface area contributed by atoms with Gasteiger partial charge in [0.1, 0.15) is 0 Å². The summed E-state index contributed by atoms with van der Waals surface area (Å²) in [4.78, 5) is 8.97. The van der Waals surface area contributed by atoms with Crippen molar-refractivity contribution >= 4 is 22.6 Å². The monoisotopic (exact) mass is 301 g/mol. The fourth-order valence-corrected chi connectivity index (χ4v) is 2.60. The lowest BCUT2D eigenvalue weighted by Crippen LogP contribution is -2.17. The summed E-state index contributed by atoms with van der Waals surface area (Å²) in [6.07, 6.45) is 2.30. The molecule has 6 heteroatoms. The molecule has 21 heavy (non-hydrogen) atoms. The fraction of sp³-hybridized carbons (Fsp3) is 0.267. The number of benzene rings is 1. The molecule has 0 bridgehead atoms. The summed E-state index contributed by atoms with van der Waals surface area (Å²) < 4.78 is 1.77. The highest BCUT2D eigenvalue weighted by atomic mass is 35.5. The Morgan fingerprint density at radius 3 is 2.67 bits per heavy atom. The Kier molecular flexibility index (Phi) is 3.61. The number of hydrogen-bond acceptors (Lipinski definition) is 4. The molecule has 1 unspecified atom stereocenters. The van der Waals surface area contributed by atoms with Crippen LogP contribution in [0.4, 0.5) is 0 Å². The SMILES string of the molecule is Cc1nn(C)c(CC(N)c2cnc3ccccc3n2)c1Cl. The van der Waals surface area contributed by atoms with E-state index >= 15 is 0 Å². The molecule has 1 aromatic carbocycles. The van der Waals surface area contributed by atoms with E-state index in [1.807, 2.05) is 38.2 Å². The van der Waals surface area contributed by atoms with Crippen molar-refractivity contribution in [2.75, 3.05) is 0 Å². The molecule has 5 nitrogen and oxygen atoms in total. The molecule has 3 aromatic rings. The highest BCUT2D eigenvalue weighted by Gasteiger charge is 2.17. The quantitative estimate of drug-likeness (QED) is 0.807. The first-order valence-electron chi connectivity index (χ1n) is 6.71. The average molecular weight is 302 g/mol. The van der Waals surface area contributed by atoms with E-state index < -0.39 is 0 Å². The van der Waals surface area contributed by atoms with E-state index in [1.54, 1.807) is 10.9 Å². The van der Waals surface area contributed by atoms with Crippen LogP contribution in [0.1, 0.15) is 23.1 Å². The molecule has 0 radical (unpaired) electrons. The van der Waals surface area contributed by atoms with Crippen LogP contribution in [0.25, 0.3) is 11.0 Å². The van der Waals surface area contributed by atoms with Gasteiger partial charge in [0.15, 0.2) is 0 Å². The maximum Gasteiger partial charge on any atom is 0.0890 e. The second kappa shape index (κ2) is 5.42. The van der Waals surface area contributed by atoms with Crippen LogP contribution in [0, 0.1) is 6.92 Å². The zero-order valence-electron chi connectivity index (χ0n) is 11.9. The second-order valence-corrected chi connectivity index (χ2v) is 5.44. The van der Waals surface area contributed by atoms with Gasteiger partial charge in [0.25, 0.3) is 0 Å². The van der Waals surface area contributed by atoms with Gasteiger partial charge in [-0.15, -0.1) is 0 Å². The Labute approximate surface area is 127 Å². The Bertz CT molecular complexity index is 796. The van der Waals surface area contributed by atoms with Gasteiger partial charge in [-0.1, -0.05) is 23.7 Å². The van der Waals surface area contributed by atoms with Gasteiger partial charge in [-0.25, -0.2) is 4.98 Å². The normalized spacial score (nSPS) is 12.8. The number of nitrogens with two attached hydrogens (primary N) is 1. The van der Waals surface area contributed by atoms with Crippen molar-refractivity contribution in [3.8, 4) is 0 Å². The van der Waals surface area contributed by atoms with Crippen LogP contribution >= 0.6 is 11.6 Å². The summed E-state index contributed by atoms with van der Waals surface area (Å²) in [7, 11) is 1.87. The Morgan fingerprint density at radius 1 is 1.29 bits per heavy atom. The van der Waals surface area contributed by atoms with Crippen molar-refractivity contribution in [2.45, 2.75) is 19.4 Å². The third-order valence-electron chi connectivity index (χ3n) is 3.52. The fourth-order valence-electron chi connectivity index (χ4n) is 2.36. The molecule has 0 aliphatic heterocycles. The summed E-state index contributed by atoms with van der Waals surface area (Å²) in [5, 5.41) is 4.97. The lowest BCUT2D eigenvalue weighted by Gasteiger charge is -2.12. The van der Waals surface area contributed by atoms with Gasteiger partial charge in [-0.2, -0.15) is 5.10 Å². The molecule has 0 spiro atoms. The number of rotatable bonds is 3. The molecule has 0 aliphatic carbocycles. The second-order valence-electron chi connectivity index (χ2n) is 5.06. The molecule has 0 amide bonds. The number of aryl methyl sites for hydroxylation is 2. The Morgan fingerprint density at radius 2 is 2.00 bits per heavy atom. The van der Waals surface area contributed by atoms with Crippen LogP contribution in [0.5, 0.6) is 0 Å². The average Bonchev–Trinajstić information content (AvgIpc) is 2.73. The lowest BCUT2D eigenvalue weighted by molar-refractivity contribution is 0.628. The molecule has 0 saturated heterocycles. The number of halogens is 1. The molecule has 1 atom stereocenters. The Balaban J connectivity index is 1.91. The van der Waals surface area contributed by atoms with Crippen molar-refractivity contribution in [2.24, 2.45) is 12.8 Å². The minimum atomic E-state index is -0.269. The van der Waals surface area contributed by atoms with E-state index in [9.17, 15) is 0 Å². The van der Waals surface area contributed by atoms with E-state index in [4.69, 9.17) is 17.3 Å². The minimum Gasteiger partial charge on any atom is -0.322 e. The van der Waals surface area contributed by atoms with Gasteiger partial charge in [-0.05, 0) is 19.1 Å². The van der Waals surface area contributed by atoms with Crippen LogP contribution in [-0.2, 0) is 13.5 Å². The molecule has 0 saturated carbocycles. The number of para-hydroxylation sites is 2. The lowest BCUT2D eigenvalue weighted by atomic mass is 10.1. The first-order chi connectivity index (χ1) is 10.1. The van der Waals surface area contributed by atoms with Gasteiger partial charge in [0.05, 0.1) is 45.4 Å². The van der Waals surface area contributed by atoms with Crippen molar-refractivity contribution in [1.82, 2.24) is 19.7 Å². The topological polar surface area (TPSA) is 69.6 Å². The van der Waals surface area contributed by atoms with Crippen LogP contribution in [-0.4, -0.2) is 19.7 Å². The number of fused-ring (bicyclic) bond motifs is 1. The van der Waals surface area contributed by atoms with Crippen LogP contribution in [0.3, 0.4) is 0 Å². The standard InChI is InChI=1S/C15H16ClN5/c1-9-15(16)14(21(2)20-9)7-10(17)13-8-18-11-5-3-4-6-12(11)19-13/h3-6,8,10H,7,17H2,1-2H3. The molecule has 2 aromatic heterocycles.